The zero-order valence-corrected chi connectivity index (χ0v) is 19.0. The number of hydrogen-bond acceptors (Lipinski definition) is 7. The minimum Gasteiger partial charge on any atom is -0.481 e. The molecule has 0 aromatic heterocycles. The summed E-state index contributed by atoms with van der Waals surface area (Å²) in [5, 5.41) is 25.2. The van der Waals surface area contributed by atoms with E-state index < -0.39 is 60.2 Å². The van der Waals surface area contributed by atoms with Crippen molar-refractivity contribution in [3.8, 4) is 0 Å². The van der Waals surface area contributed by atoms with E-state index in [2.05, 4.69) is 20.9 Å². The first-order valence-corrected chi connectivity index (χ1v) is 10.5. The summed E-state index contributed by atoms with van der Waals surface area (Å²) in [4.78, 5) is 63.4. The molecule has 0 rings (SSSR count). The fraction of sp³-hybridized carbons (Fsp3) is 0.684. The smallest absolute Gasteiger partial charge is 0.326 e. The molecule has 11 N–H and O–H groups in total. The molecular formula is C19H35N7O7. The molecule has 14 heteroatoms. The standard InChI is InChI=1S/C19H35N7O7/c1-4-9(2)14(20)17(31)24-10(3)15(29)26-12(8-13(27)28)16(30)25-11(18(32)33)6-5-7-23-19(21)22/h9-12,14H,4-8,20H2,1-3H3,(H,24,31)(H,25,30)(H,26,29)(H,27,28)(H,32,33)(H4,21,22,23). The fourth-order valence-corrected chi connectivity index (χ4v) is 2.60. The van der Waals surface area contributed by atoms with Gasteiger partial charge in [0.15, 0.2) is 5.96 Å². The van der Waals surface area contributed by atoms with E-state index in [0.29, 0.717) is 6.42 Å². The predicted molar refractivity (Wildman–Crippen MR) is 119 cm³/mol. The number of nitrogens with zero attached hydrogens (tertiary/aromatic N) is 1. The first-order valence-electron chi connectivity index (χ1n) is 10.5. The largest absolute Gasteiger partial charge is 0.481 e. The second-order valence-electron chi connectivity index (χ2n) is 7.65. The minimum atomic E-state index is -1.57. The van der Waals surface area contributed by atoms with Crippen molar-refractivity contribution in [1.29, 1.82) is 0 Å². The molecule has 0 fully saturated rings. The molecule has 0 aliphatic rings. The molecule has 0 aromatic rings. The summed E-state index contributed by atoms with van der Waals surface area (Å²) in [5.74, 6) is -5.46. The number of guanidine groups is 1. The van der Waals surface area contributed by atoms with Gasteiger partial charge in [-0.15, -0.1) is 0 Å². The number of amides is 3. The fourth-order valence-electron chi connectivity index (χ4n) is 2.60. The molecule has 0 heterocycles. The third-order valence-corrected chi connectivity index (χ3v) is 4.88. The molecule has 0 aliphatic heterocycles. The average molecular weight is 474 g/mol. The van der Waals surface area contributed by atoms with E-state index in [4.69, 9.17) is 22.3 Å². The quantitative estimate of drug-likeness (QED) is 0.0701. The van der Waals surface area contributed by atoms with Gasteiger partial charge in [0.2, 0.25) is 17.7 Å². The summed E-state index contributed by atoms with van der Waals surface area (Å²) in [6, 6.07) is -4.90. The van der Waals surface area contributed by atoms with Crippen molar-refractivity contribution in [3.05, 3.63) is 0 Å². The van der Waals surface area contributed by atoms with Gasteiger partial charge in [0.1, 0.15) is 18.1 Å². The van der Waals surface area contributed by atoms with Gasteiger partial charge in [-0.1, -0.05) is 20.3 Å². The summed E-state index contributed by atoms with van der Waals surface area (Å²) in [5.41, 5.74) is 16.2. The lowest BCUT2D eigenvalue weighted by atomic mass is 9.99. The van der Waals surface area contributed by atoms with Crippen LogP contribution in [-0.4, -0.2) is 76.5 Å². The van der Waals surface area contributed by atoms with Crippen LogP contribution >= 0.6 is 0 Å². The number of carboxylic acids is 2. The highest BCUT2D eigenvalue weighted by Crippen LogP contribution is 2.06. The number of carbonyl (C=O) groups excluding carboxylic acids is 3. The van der Waals surface area contributed by atoms with Crippen molar-refractivity contribution in [2.24, 2.45) is 28.1 Å². The van der Waals surface area contributed by atoms with Gasteiger partial charge in [0.25, 0.3) is 0 Å². The van der Waals surface area contributed by atoms with Crippen molar-refractivity contribution >= 4 is 35.6 Å². The molecule has 0 spiro atoms. The third-order valence-electron chi connectivity index (χ3n) is 4.88. The van der Waals surface area contributed by atoms with Crippen LogP contribution in [0.3, 0.4) is 0 Å². The summed E-state index contributed by atoms with van der Waals surface area (Å²) in [7, 11) is 0. The summed E-state index contributed by atoms with van der Waals surface area (Å²) in [6.07, 6.45) is 0.0356. The maximum absolute atomic E-state index is 12.5. The van der Waals surface area contributed by atoms with Gasteiger partial charge in [-0.2, -0.15) is 0 Å². The molecule has 3 amide bonds. The highest BCUT2D eigenvalue weighted by atomic mass is 16.4. The van der Waals surface area contributed by atoms with Crippen molar-refractivity contribution < 1.29 is 34.2 Å². The van der Waals surface area contributed by atoms with Gasteiger partial charge in [-0.05, 0) is 25.7 Å². The topological polar surface area (TPSA) is 252 Å². The number of aliphatic carboxylic acids is 2. The molecule has 0 aromatic carbocycles. The zero-order chi connectivity index (χ0) is 25.7. The van der Waals surface area contributed by atoms with E-state index in [9.17, 15) is 29.1 Å². The Hall–Kier alpha value is -3.42. The lowest BCUT2D eigenvalue weighted by Crippen LogP contribution is -2.57. The van der Waals surface area contributed by atoms with E-state index >= 15 is 0 Å². The third kappa shape index (κ3) is 11.7. The minimum absolute atomic E-state index is 0.0362. The normalized spacial score (nSPS) is 15.2. The molecule has 0 radical (unpaired) electrons. The average Bonchev–Trinajstić information content (AvgIpc) is 2.72. The van der Waals surface area contributed by atoms with Gasteiger partial charge in [-0.3, -0.25) is 24.2 Å². The first kappa shape index (κ1) is 29.6. The molecule has 5 atom stereocenters. The Morgan fingerprint density at radius 2 is 1.48 bits per heavy atom. The number of carboxylic acid groups (broad SMARTS) is 2. The lowest BCUT2D eigenvalue weighted by Gasteiger charge is -2.24. The van der Waals surface area contributed by atoms with Crippen LogP contribution in [0.2, 0.25) is 0 Å². The molecule has 33 heavy (non-hydrogen) atoms. The molecule has 188 valence electrons. The van der Waals surface area contributed by atoms with Gasteiger partial charge in [-0.25, -0.2) is 4.79 Å². The highest BCUT2D eigenvalue weighted by Gasteiger charge is 2.30. The van der Waals surface area contributed by atoms with Crippen molar-refractivity contribution in [2.45, 2.75) is 70.6 Å². The number of nitrogens with two attached hydrogens (primary N) is 3. The van der Waals surface area contributed by atoms with Crippen molar-refractivity contribution in [3.63, 3.8) is 0 Å². The SMILES string of the molecule is CCC(C)C(N)C(=O)NC(C)C(=O)NC(CC(=O)O)C(=O)NC(CCCN=C(N)N)C(=O)O. The summed E-state index contributed by atoms with van der Waals surface area (Å²) >= 11 is 0. The van der Waals surface area contributed by atoms with Crippen LogP contribution in [0.4, 0.5) is 0 Å². The van der Waals surface area contributed by atoms with Gasteiger partial charge < -0.3 is 43.4 Å². The molecule has 0 aliphatic carbocycles. The van der Waals surface area contributed by atoms with Gasteiger partial charge >= 0.3 is 11.9 Å². The number of nitrogens with one attached hydrogen (secondary N) is 3. The van der Waals surface area contributed by atoms with E-state index in [1.807, 2.05) is 6.92 Å². The van der Waals surface area contributed by atoms with Crippen LogP contribution in [0.15, 0.2) is 4.99 Å². The Labute approximate surface area is 191 Å². The molecule has 0 bridgehead atoms. The van der Waals surface area contributed by atoms with Crippen LogP contribution in [0.1, 0.15) is 46.5 Å². The molecule has 0 saturated heterocycles. The van der Waals surface area contributed by atoms with Crippen LogP contribution in [0, 0.1) is 5.92 Å². The molecule has 14 nitrogen and oxygen atoms in total. The van der Waals surface area contributed by atoms with Gasteiger partial charge in [0.05, 0.1) is 12.5 Å². The van der Waals surface area contributed by atoms with Crippen molar-refractivity contribution in [1.82, 2.24) is 16.0 Å². The zero-order valence-electron chi connectivity index (χ0n) is 19.0. The number of rotatable bonds is 15. The van der Waals surface area contributed by atoms with E-state index in [1.165, 1.54) is 6.92 Å². The Morgan fingerprint density at radius 3 is 1.97 bits per heavy atom. The van der Waals surface area contributed by atoms with E-state index in [1.54, 1.807) is 6.92 Å². The lowest BCUT2D eigenvalue weighted by molar-refractivity contribution is -0.143. The van der Waals surface area contributed by atoms with Crippen LogP contribution in [0.5, 0.6) is 0 Å². The Bertz CT molecular complexity index is 740. The number of aliphatic imine (C=N–C) groups is 1. The number of hydrogen-bond donors (Lipinski definition) is 8. The maximum Gasteiger partial charge on any atom is 0.326 e. The Balaban J connectivity index is 5.14. The first-order chi connectivity index (χ1) is 15.3. The monoisotopic (exact) mass is 473 g/mol. The number of carbonyl (C=O) groups is 5. The van der Waals surface area contributed by atoms with Gasteiger partial charge in [0, 0.05) is 6.54 Å². The Kier molecular flexibility index (Phi) is 13.1. The summed E-state index contributed by atoms with van der Waals surface area (Å²) in [6.45, 7) is 5.11. The van der Waals surface area contributed by atoms with Crippen LogP contribution in [0.25, 0.3) is 0 Å². The molecule has 5 unspecified atom stereocenters. The summed E-state index contributed by atoms with van der Waals surface area (Å²) < 4.78 is 0. The van der Waals surface area contributed by atoms with E-state index in [0.717, 1.165) is 0 Å². The predicted octanol–water partition coefficient (Wildman–Crippen LogP) is -2.55. The molecule has 0 saturated carbocycles. The Morgan fingerprint density at radius 1 is 0.909 bits per heavy atom. The maximum atomic E-state index is 12.5. The van der Waals surface area contributed by atoms with E-state index in [-0.39, 0.29) is 31.3 Å². The second-order valence-corrected chi connectivity index (χ2v) is 7.65. The second kappa shape index (κ2) is 14.6. The van der Waals surface area contributed by atoms with Crippen LogP contribution < -0.4 is 33.2 Å². The highest BCUT2D eigenvalue weighted by molar-refractivity contribution is 5.95. The van der Waals surface area contributed by atoms with Crippen LogP contribution in [-0.2, 0) is 24.0 Å². The molecular weight excluding hydrogens is 438 g/mol. The van der Waals surface area contributed by atoms with Crippen molar-refractivity contribution in [2.75, 3.05) is 6.54 Å².